The summed E-state index contributed by atoms with van der Waals surface area (Å²) in [5.41, 5.74) is 11.9. The summed E-state index contributed by atoms with van der Waals surface area (Å²) in [4.78, 5) is 10.8. The summed E-state index contributed by atoms with van der Waals surface area (Å²) < 4.78 is 0. The van der Waals surface area contributed by atoms with Gasteiger partial charge in [-0.05, 0) is 25.3 Å². The first kappa shape index (κ1) is 13.7. The molecule has 1 aromatic carbocycles. The van der Waals surface area contributed by atoms with Gasteiger partial charge < -0.3 is 16.8 Å². The van der Waals surface area contributed by atoms with Gasteiger partial charge in [0.05, 0.1) is 6.04 Å². The number of benzene rings is 1. The van der Waals surface area contributed by atoms with Gasteiger partial charge in [-0.3, -0.25) is 4.79 Å². The Hall–Kier alpha value is -1.39. The van der Waals surface area contributed by atoms with E-state index < -0.39 is 11.9 Å². The molecule has 0 bridgehead atoms. The van der Waals surface area contributed by atoms with Gasteiger partial charge in [0.2, 0.25) is 5.91 Å². The average molecular weight is 235 g/mol. The SMILES string of the molecule is CC(CC[C@H](N)C(N)=O)NCc1ccccc1. The van der Waals surface area contributed by atoms with Crippen molar-refractivity contribution in [3.63, 3.8) is 0 Å². The highest BCUT2D eigenvalue weighted by Crippen LogP contribution is 2.02. The standard InChI is InChI=1S/C13H21N3O/c1-10(7-8-12(14)13(15)17)16-9-11-5-3-2-4-6-11/h2-6,10,12,16H,7-9,14H2,1H3,(H2,15,17)/t10?,12-/m0/s1. The van der Waals surface area contributed by atoms with E-state index in [4.69, 9.17) is 11.5 Å². The highest BCUT2D eigenvalue weighted by Gasteiger charge is 2.10. The van der Waals surface area contributed by atoms with Crippen LogP contribution in [0.25, 0.3) is 0 Å². The van der Waals surface area contributed by atoms with Crippen molar-refractivity contribution in [2.45, 2.75) is 38.4 Å². The molecule has 0 saturated carbocycles. The Kier molecular flexibility index (Phi) is 5.66. The van der Waals surface area contributed by atoms with Crippen molar-refractivity contribution < 1.29 is 4.79 Å². The van der Waals surface area contributed by atoms with Crippen LogP contribution >= 0.6 is 0 Å². The van der Waals surface area contributed by atoms with Crippen molar-refractivity contribution in [1.82, 2.24) is 5.32 Å². The predicted molar refractivity (Wildman–Crippen MR) is 69.1 cm³/mol. The quantitative estimate of drug-likeness (QED) is 0.652. The molecule has 0 spiro atoms. The second-order valence-electron chi connectivity index (χ2n) is 4.35. The van der Waals surface area contributed by atoms with Gasteiger partial charge in [-0.15, -0.1) is 0 Å². The lowest BCUT2D eigenvalue weighted by Crippen LogP contribution is -2.38. The lowest BCUT2D eigenvalue weighted by atomic mass is 10.1. The van der Waals surface area contributed by atoms with E-state index in [2.05, 4.69) is 24.4 Å². The Bertz CT molecular complexity index is 340. The number of rotatable bonds is 7. The van der Waals surface area contributed by atoms with E-state index in [1.165, 1.54) is 5.56 Å². The van der Waals surface area contributed by atoms with Crippen molar-refractivity contribution >= 4 is 5.91 Å². The van der Waals surface area contributed by atoms with Crippen LogP contribution in [0.1, 0.15) is 25.3 Å². The number of carbonyl (C=O) groups is 1. The number of hydrogen-bond acceptors (Lipinski definition) is 3. The highest BCUT2D eigenvalue weighted by atomic mass is 16.1. The van der Waals surface area contributed by atoms with E-state index in [0.717, 1.165) is 13.0 Å². The second kappa shape index (κ2) is 7.04. The van der Waals surface area contributed by atoms with Gasteiger partial charge in [0, 0.05) is 12.6 Å². The molecule has 0 saturated heterocycles. The number of nitrogens with two attached hydrogens (primary N) is 2. The Morgan fingerprint density at radius 3 is 2.53 bits per heavy atom. The zero-order valence-electron chi connectivity index (χ0n) is 10.2. The Labute approximate surface area is 102 Å². The smallest absolute Gasteiger partial charge is 0.234 e. The molecule has 1 unspecified atom stereocenters. The minimum atomic E-state index is -0.532. The first-order valence-corrected chi connectivity index (χ1v) is 5.92. The van der Waals surface area contributed by atoms with Crippen LogP contribution in [-0.2, 0) is 11.3 Å². The van der Waals surface area contributed by atoms with Gasteiger partial charge in [0.15, 0.2) is 0 Å². The van der Waals surface area contributed by atoms with Crippen LogP contribution in [0.5, 0.6) is 0 Å². The zero-order chi connectivity index (χ0) is 12.7. The van der Waals surface area contributed by atoms with E-state index in [0.29, 0.717) is 12.5 Å². The van der Waals surface area contributed by atoms with E-state index in [1.54, 1.807) is 0 Å². The molecule has 0 aliphatic rings. The van der Waals surface area contributed by atoms with Crippen LogP contribution < -0.4 is 16.8 Å². The van der Waals surface area contributed by atoms with E-state index >= 15 is 0 Å². The molecular formula is C13H21N3O. The van der Waals surface area contributed by atoms with Gasteiger partial charge in [-0.2, -0.15) is 0 Å². The highest BCUT2D eigenvalue weighted by molar-refractivity contribution is 5.79. The molecule has 0 aliphatic carbocycles. The summed E-state index contributed by atoms with van der Waals surface area (Å²) >= 11 is 0. The van der Waals surface area contributed by atoms with Gasteiger partial charge >= 0.3 is 0 Å². The number of primary amides is 1. The monoisotopic (exact) mass is 235 g/mol. The van der Waals surface area contributed by atoms with Gasteiger partial charge in [0.25, 0.3) is 0 Å². The molecule has 94 valence electrons. The lowest BCUT2D eigenvalue weighted by molar-refractivity contribution is -0.119. The Morgan fingerprint density at radius 1 is 1.29 bits per heavy atom. The minimum Gasteiger partial charge on any atom is -0.368 e. The molecule has 5 N–H and O–H groups in total. The molecule has 0 aromatic heterocycles. The topological polar surface area (TPSA) is 81.1 Å². The summed E-state index contributed by atoms with van der Waals surface area (Å²) in [6.45, 7) is 2.91. The number of hydrogen-bond donors (Lipinski definition) is 3. The molecule has 1 rings (SSSR count). The summed E-state index contributed by atoms with van der Waals surface area (Å²) in [7, 11) is 0. The van der Waals surface area contributed by atoms with Crippen molar-refractivity contribution in [3.05, 3.63) is 35.9 Å². The van der Waals surface area contributed by atoms with E-state index in [-0.39, 0.29) is 0 Å². The number of nitrogens with one attached hydrogen (secondary N) is 1. The Balaban J connectivity index is 2.22. The zero-order valence-corrected chi connectivity index (χ0v) is 10.2. The summed E-state index contributed by atoms with van der Waals surface area (Å²) in [5, 5.41) is 3.39. The Morgan fingerprint density at radius 2 is 1.94 bits per heavy atom. The predicted octanol–water partition coefficient (Wildman–Crippen LogP) is 0.758. The molecule has 1 aromatic rings. The molecule has 0 fully saturated rings. The fraction of sp³-hybridized carbons (Fsp3) is 0.462. The molecule has 17 heavy (non-hydrogen) atoms. The van der Waals surface area contributed by atoms with Crippen LogP contribution in [0, 0.1) is 0 Å². The number of carbonyl (C=O) groups excluding carboxylic acids is 1. The number of amides is 1. The third-order valence-corrected chi connectivity index (χ3v) is 2.77. The molecule has 0 heterocycles. The molecular weight excluding hydrogens is 214 g/mol. The first-order chi connectivity index (χ1) is 8.09. The van der Waals surface area contributed by atoms with Crippen LogP contribution in [0.4, 0.5) is 0 Å². The molecule has 1 amide bonds. The van der Waals surface area contributed by atoms with Crippen LogP contribution in [0.15, 0.2) is 30.3 Å². The van der Waals surface area contributed by atoms with Crippen molar-refractivity contribution in [2.75, 3.05) is 0 Å². The molecule has 2 atom stereocenters. The van der Waals surface area contributed by atoms with E-state index in [9.17, 15) is 4.79 Å². The maximum Gasteiger partial charge on any atom is 0.234 e. The summed E-state index contributed by atoms with van der Waals surface area (Å²) in [5.74, 6) is -0.430. The fourth-order valence-corrected chi connectivity index (χ4v) is 1.56. The van der Waals surface area contributed by atoms with Crippen molar-refractivity contribution in [1.29, 1.82) is 0 Å². The fourth-order valence-electron chi connectivity index (χ4n) is 1.56. The molecule has 0 aliphatic heterocycles. The lowest BCUT2D eigenvalue weighted by Gasteiger charge is -2.15. The summed E-state index contributed by atoms with van der Waals surface area (Å²) in [6, 6.07) is 9.98. The normalized spacial score (nSPS) is 14.2. The van der Waals surface area contributed by atoms with Gasteiger partial charge in [0.1, 0.15) is 0 Å². The van der Waals surface area contributed by atoms with Gasteiger partial charge in [-0.25, -0.2) is 0 Å². The third-order valence-electron chi connectivity index (χ3n) is 2.77. The minimum absolute atomic E-state index is 0.320. The second-order valence-corrected chi connectivity index (χ2v) is 4.35. The first-order valence-electron chi connectivity index (χ1n) is 5.92. The van der Waals surface area contributed by atoms with Crippen molar-refractivity contribution in [3.8, 4) is 0 Å². The largest absolute Gasteiger partial charge is 0.368 e. The van der Waals surface area contributed by atoms with Crippen LogP contribution in [-0.4, -0.2) is 18.0 Å². The van der Waals surface area contributed by atoms with Gasteiger partial charge in [-0.1, -0.05) is 30.3 Å². The molecule has 4 nitrogen and oxygen atoms in total. The van der Waals surface area contributed by atoms with Crippen LogP contribution in [0.3, 0.4) is 0 Å². The third kappa shape index (κ3) is 5.47. The molecule has 0 radical (unpaired) electrons. The molecule has 4 heteroatoms. The summed E-state index contributed by atoms with van der Waals surface area (Å²) in [6.07, 6.45) is 1.47. The maximum atomic E-state index is 10.8. The van der Waals surface area contributed by atoms with Crippen molar-refractivity contribution in [2.24, 2.45) is 11.5 Å². The average Bonchev–Trinajstić information content (AvgIpc) is 2.34. The van der Waals surface area contributed by atoms with Crippen LogP contribution in [0.2, 0.25) is 0 Å². The maximum absolute atomic E-state index is 10.8. The van der Waals surface area contributed by atoms with E-state index in [1.807, 2.05) is 18.2 Å².